The summed E-state index contributed by atoms with van der Waals surface area (Å²) in [4.78, 5) is 31.7. The van der Waals surface area contributed by atoms with Gasteiger partial charge >= 0.3 is 0 Å². The number of aromatic amines is 1. The standard InChI is InChI=1S/C22H22N6O/c1-2-28-19-9-4-3-7-17(19)24-20(28)14-27-12-10-16-15(13-27)22(29)26-21(25-16)18-8-5-6-11-23-18/h3-9,11H,2,10,12-14H2,1H3,(H,25,26,29). The van der Waals surface area contributed by atoms with E-state index in [2.05, 4.69) is 37.4 Å². The van der Waals surface area contributed by atoms with Gasteiger partial charge in [0.15, 0.2) is 5.82 Å². The second kappa shape index (κ2) is 7.25. The van der Waals surface area contributed by atoms with Crippen molar-refractivity contribution in [2.75, 3.05) is 6.54 Å². The van der Waals surface area contributed by atoms with Crippen LogP contribution in [-0.4, -0.2) is 35.9 Å². The first-order chi connectivity index (χ1) is 14.2. The van der Waals surface area contributed by atoms with Crippen LogP contribution in [-0.2, 0) is 26.1 Å². The topological polar surface area (TPSA) is 79.7 Å². The van der Waals surface area contributed by atoms with Crippen LogP contribution in [0.2, 0.25) is 0 Å². The summed E-state index contributed by atoms with van der Waals surface area (Å²) in [5, 5.41) is 0. The predicted octanol–water partition coefficient (Wildman–Crippen LogP) is 2.76. The van der Waals surface area contributed by atoms with Crippen LogP contribution >= 0.6 is 0 Å². The molecule has 4 aromatic rings. The van der Waals surface area contributed by atoms with Gasteiger partial charge in [0.05, 0.1) is 28.8 Å². The van der Waals surface area contributed by atoms with Gasteiger partial charge in [-0.15, -0.1) is 0 Å². The van der Waals surface area contributed by atoms with E-state index in [1.807, 2.05) is 36.4 Å². The Morgan fingerprint density at radius 1 is 1.10 bits per heavy atom. The highest BCUT2D eigenvalue weighted by Crippen LogP contribution is 2.21. The van der Waals surface area contributed by atoms with Gasteiger partial charge in [0, 0.05) is 32.3 Å². The van der Waals surface area contributed by atoms with Crippen molar-refractivity contribution in [2.24, 2.45) is 0 Å². The van der Waals surface area contributed by atoms with Crippen molar-refractivity contribution in [3.63, 3.8) is 0 Å². The highest BCUT2D eigenvalue weighted by Gasteiger charge is 2.23. The Hall–Kier alpha value is -3.32. The molecule has 5 rings (SSSR count). The second-order valence-corrected chi connectivity index (χ2v) is 7.28. The minimum atomic E-state index is -0.0793. The third-order valence-electron chi connectivity index (χ3n) is 5.47. The molecule has 7 nitrogen and oxygen atoms in total. The lowest BCUT2D eigenvalue weighted by Gasteiger charge is -2.27. The van der Waals surface area contributed by atoms with E-state index in [4.69, 9.17) is 4.98 Å². The van der Waals surface area contributed by atoms with Crippen LogP contribution in [0.4, 0.5) is 0 Å². The lowest BCUT2D eigenvalue weighted by atomic mass is 10.1. The third-order valence-corrected chi connectivity index (χ3v) is 5.47. The van der Waals surface area contributed by atoms with Gasteiger partial charge in [-0.25, -0.2) is 9.97 Å². The van der Waals surface area contributed by atoms with Crippen molar-refractivity contribution in [3.8, 4) is 11.5 Å². The van der Waals surface area contributed by atoms with Crippen molar-refractivity contribution in [1.82, 2.24) is 29.4 Å². The summed E-state index contributed by atoms with van der Waals surface area (Å²) in [5.74, 6) is 1.57. The Labute approximate surface area is 168 Å². The summed E-state index contributed by atoms with van der Waals surface area (Å²) in [6.07, 6.45) is 2.45. The molecule has 0 bridgehead atoms. The number of benzene rings is 1. The molecule has 1 aliphatic rings. The highest BCUT2D eigenvalue weighted by atomic mass is 16.1. The van der Waals surface area contributed by atoms with Gasteiger partial charge < -0.3 is 9.55 Å². The first-order valence-corrected chi connectivity index (χ1v) is 9.93. The smallest absolute Gasteiger partial charge is 0.255 e. The quantitative estimate of drug-likeness (QED) is 0.583. The molecule has 0 saturated carbocycles. The van der Waals surface area contributed by atoms with Crippen LogP contribution in [0, 0.1) is 0 Å². The molecule has 1 aromatic carbocycles. The number of nitrogens with zero attached hydrogens (tertiary/aromatic N) is 5. The summed E-state index contributed by atoms with van der Waals surface area (Å²) >= 11 is 0. The van der Waals surface area contributed by atoms with Gasteiger partial charge in [0.2, 0.25) is 0 Å². The van der Waals surface area contributed by atoms with Crippen LogP contribution in [0.25, 0.3) is 22.6 Å². The van der Waals surface area contributed by atoms with Gasteiger partial charge in [-0.05, 0) is 31.2 Å². The van der Waals surface area contributed by atoms with E-state index < -0.39 is 0 Å². The Kier molecular flexibility index (Phi) is 4.44. The molecular formula is C22H22N6O. The summed E-state index contributed by atoms with van der Waals surface area (Å²) in [5.41, 5.74) is 4.39. The molecule has 0 amide bonds. The number of nitrogens with one attached hydrogen (secondary N) is 1. The third kappa shape index (κ3) is 3.23. The number of aryl methyl sites for hydroxylation is 1. The van der Waals surface area contributed by atoms with Crippen molar-refractivity contribution in [2.45, 2.75) is 33.0 Å². The predicted molar refractivity (Wildman–Crippen MR) is 111 cm³/mol. The number of aromatic nitrogens is 5. The minimum Gasteiger partial charge on any atom is -0.327 e. The number of fused-ring (bicyclic) bond motifs is 2. The van der Waals surface area contributed by atoms with Crippen molar-refractivity contribution >= 4 is 11.0 Å². The van der Waals surface area contributed by atoms with Crippen molar-refractivity contribution < 1.29 is 0 Å². The monoisotopic (exact) mass is 386 g/mol. The molecule has 0 aliphatic carbocycles. The lowest BCUT2D eigenvalue weighted by Crippen LogP contribution is -2.36. The fourth-order valence-corrected chi connectivity index (χ4v) is 4.04. The number of imidazole rings is 1. The Balaban J connectivity index is 1.43. The fourth-order valence-electron chi connectivity index (χ4n) is 4.04. The zero-order valence-electron chi connectivity index (χ0n) is 16.3. The van der Waals surface area contributed by atoms with E-state index in [-0.39, 0.29) is 5.56 Å². The molecule has 0 fully saturated rings. The molecule has 0 spiro atoms. The van der Waals surface area contributed by atoms with Gasteiger partial charge in [0.1, 0.15) is 11.5 Å². The molecule has 1 aliphatic heterocycles. The Morgan fingerprint density at radius 3 is 2.79 bits per heavy atom. The minimum absolute atomic E-state index is 0.0793. The molecule has 0 radical (unpaired) electrons. The maximum absolute atomic E-state index is 12.7. The number of para-hydroxylation sites is 2. The Bertz CT molecular complexity index is 1230. The summed E-state index contributed by atoms with van der Waals surface area (Å²) in [6, 6.07) is 13.8. The first-order valence-electron chi connectivity index (χ1n) is 9.93. The molecule has 1 N–H and O–H groups in total. The van der Waals surface area contributed by atoms with Gasteiger partial charge in [-0.2, -0.15) is 0 Å². The van der Waals surface area contributed by atoms with Gasteiger partial charge in [-0.3, -0.25) is 14.7 Å². The SMILES string of the molecule is CCn1c(CN2CCc3nc(-c4ccccn4)[nH]c(=O)c3C2)nc2ccccc21. The second-order valence-electron chi connectivity index (χ2n) is 7.28. The van der Waals surface area contributed by atoms with E-state index in [0.717, 1.165) is 47.6 Å². The zero-order chi connectivity index (χ0) is 19.8. The first kappa shape index (κ1) is 17.8. The number of hydrogen-bond acceptors (Lipinski definition) is 5. The number of hydrogen-bond donors (Lipinski definition) is 1. The maximum atomic E-state index is 12.7. The van der Waals surface area contributed by atoms with Crippen LogP contribution < -0.4 is 5.56 Å². The number of rotatable bonds is 4. The molecule has 0 saturated heterocycles. The van der Waals surface area contributed by atoms with E-state index in [1.54, 1.807) is 6.20 Å². The molecule has 0 atom stereocenters. The average molecular weight is 386 g/mol. The molecule has 0 unspecified atom stereocenters. The molecule has 146 valence electrons. The average Bonchev–Trinajstić information content (AvgIpc) is 3.11. The molecule has 29 heavy (non-hydrogen) atoms. The van der Waals surface area contributed by atoms with E-state index in [9.17, 15) is 4.79 Å². The van der Waals surface area contributed by atoms with Gasteiger partial charge in [0.25, 0.3) is 5.56 Å². The molecule has 7 heteroatoms. The van der Waals surface area contributed by atoms with Crippen LogP contribution in [0.15, 0.2) is 53.5 Å². The van der Waals surface area contributed by atoms with Crippen LogP contribution in [0.1, 0.15) is 24.0 Å². The van der Waals surface area contributed by atoms with E-state index in [0.29, 0.717) is 24.6 Å². The largest absolute Gasteiger partial charge is 0.327 e. The zero-order valence-corrected chi connectivity index (χ0v) is 16.3. The maximum Gasteiger partial charge on any atom is 0.255 e. The van der Waals surface area contributed by atoms with Crippen LogP contribution in [0.5, 0.6) is 0 Å². The molecular weight excluding hydrogens is 364 g/mol. The molecule has 3 aromatic heterocycles. The number of H-pyrrole nitrogens is 1. The van der Waals surface area contributed by atoms with Crippen molar-refractivity contribution in [1.29, 1.82) is 0 Å². The summed E-state index contributed by atoms with van der Waals surface area (Å²) in [7, 11) is 0. The van der Waals surface area contributed by atoms with Crippen molar-refractivity contribution in [3.05, 3.63) is 76.1 Å². The Morgan fingerprint density at radius 2 is 1.97 bits per heavy atom. The summed E-state index contributed by atoms with van der Waals surface area (Å²) in [6.45, 7) is 5.14. The number of pyridine rings is 1. The van der Waals surface area contributed by atoms with Gasteiger partial charge in [-0.1, -0.05) is 18.2 Å². The summed E-state index contributed by atoms with van der Waals surface area (Å²) < 4.78 is 2.25. The highest BCUT2D eigenvalue weighted by molar-refractivity contribution is 5.75. The lowest BCUT2D eigenvalue weighted by molar-refractivity contribution is 0.233. The van der Waals surface area contributed by atoms with E-state index in [1.165, 1.54) is 0 Å². The fraction of sp³-hybridized carbons (Fsp3) is 0.273. The molecule has 4 heterocycles. The van der Waals surface area contributed by atoms with Crippen LogP contribution in [0.3, 0.4) is 0 Å². The normalized spacial score (nSPS) is 14.2. The van der Waals surface area contributed by atoms with E-state index >= 15 is 0 Å².